The van der Waals surface area contributed by atoms with Crippen LogP contribution in [0.5, 0.6) is 5.88 Å². The third-order valence-electron chi connectivity index (χ3n) is 6.58. The first-order valence-electron chi connectivity index (χ1n) is 11.3. The number of nitrogens with zero attached hydrogens (tertiary/aromatic N) is 5. The second kappa shape index (κ2) is 8.50. The van der Waals surface area contributed by atoms with E-state index >= 15 is 4.39 Å². The lowest BCUT2D eigenvalue weighted by atomic mass is 9.86. The maximum Gasteiger partial charge on any atom is 0.244 e. The molecule has 34 heavy (non-hydrogen) atoms. The topological polar surface area (TPSA) is 84.7 Å². The number of ether oxygens (including phenoxy) is 1. The van der Waals surface area contributed by atoms with E-state index in [0.717, 1.165) is 31.9 Å². The first-order valence-corrected chi connectivity index (χ1v) is 12.1. The van der Waals surface area contributed by atoms with Crippen molar-refractivity contribution < 1.29 is 13.9 Å². The van der Waals surface area contributed by atoms with Gasteiger partial charge in [-0.15, -0.1) is 16.4 Å². The van der Waals surface area contributed by atoms with E-state index in [9.17, 15) is 4.79 Å². The molecular formula is C24H27FN6O2S. The molecule has 4 aromatic rings. The first kappa shape index (κ1) is 22.5. The van der Waals surface area contributed by atoms with Crippen molar-refractivity contribution in [2.24, 2.45) is 0 Å². The van der Waals surface area contributed by atoms with E-state index in [-0.39, 0.29) is 24.8 Å². The molecule has 3 aromatic heterocycles. The molecule has 4 heterocycles. The quantitative estimate of drug-likeness (QED) is 0.452. The number of likely N-dealkylation sites (tertiary alicyclic amines) is 1. The van der Waals surface area contributed by atoms with Crippen LogP contribution in [0.4, 0.5) is 10.3 Å². The highest BCUT2D eigenvalue weighted by Gasteiger charge is 2.44. The number of hydrogen-bond acceptors (Lipinski definition) is 7. The van der Waals surface area contributed by atoms with Gasteiger partial charge in [0.15, 0.2) is 0 Å². The highest BCUT2D eigenvalue weighted by molar-refractivity contribution is 7.18. The number of aryl methyl sites for hydroxylation is 1. The molecule has 10 heteroatoms. The van der Waals surface area contributed by atoms with Crippen molar-refractivity contribution in [2.45, 2.75) is 45.3 Å². The Hall–Kier alpha value is -3.27. The molecule has 0 bridgehead atoms. The van der Waals surface area contributed by atoms with Gasteiger partial charge in [-0.3, -0.25) is 4.79 Å². The Balaban J connectivity index is 1.49. The van der Waals surface area contributed by atoms with Crippen LogP contribution in [0, 0.1) is 6.92 Å². The molecule has 8 nitrogen and oxygen atoms in total. The molecule has 0 aliphatic carbocycles. The van der Waals surface area contributed by atoms with E-state index in [2.05, 4.69) is 26.4 Å². The zero-order valence-electron chi connectivity index (χ0n) is 19.6. The largest absolute Gasteiger partial charge is 0.479 e. The number of benzene rings is 1. The molecule has 0 saturated carbocycles. The summed E-state index contributed by atoms with van der Waals surface area (Å²) in [7, 11) is 1.56. The molecule has 1 aliphatic heterocycles. The molecule has 1 saturated heterocycles. The summed E-state index contributed by atoms with van der Waals surface area (Å²) in [5.41, 5.74) is 2.11. The van der Waals surface area contributed by atoms with Gasteiger partial charge < -0.3 is 15.0 Å². The molecule has 1 aliphatic rings. The Morgan fingerprint density at radius 3 is 2.91 bits per heavy atom. The van der Waals surface area contributed by atoms with Crippen molar-refractivity contribution in [3.05, 3.63) is 35.5 Å². The van der Waals surface area contributed by atoms with Crippen LogP contribution < -0.4 is 10.1 Å². The molecule has 0 spiro atoms. The summed E-state index contributed by atoms with van der Waals surface area (Å²) >= 11 is 1.65. The van der Waals surface area contributed by atoms with Crippen LogP contribution in [-0.2, 0) is 4.79 Å². The first-order chi connectivity index (χ1) is 16.3. The smallest absolute Gasteiger partial charge is 0.244 e. The van der Waals surface area contributed by atoms with E-state index < -0.39 is 11.7 Å². The average Bonchev–Trinajstić information content (AvgIpc) is 3.41. The van der Waals surface area contributed by atoms with Crippen LogP contribution in [-0.4, -0.2) is 62.3 Å². The maximum absolute atomic E-state index is 15.8. The molecule has 178 valence electrons. The number of halogens is 1. The Morgan fingerprint density at radius 2 is 2.18 bits per heavy atom. The maximum atomic E-state index is 15.8. The third-order valence-corrected chi connectivity index (χ3v) is 7.51. The zero-order valence-corrected chi connectivity index (χ0v) is 20.4. The number of hydrogen-bond donors (Lipinski definition) is 1. The van der Waals surface area contributed by atoms with E-state index in [1.165, 1.54) is 6.92 Å². The highest BCUT2D eigenvalue weighted by atomic mass is 32.1. The van der Waals surface area contributed by atoms with Crippen LogP contribution in [0.3, 0.4) is 0 Å². The van der Waals surface area contributed by atoms with E-state index in [1.807, 2.05) is 31.3 Å². The fraction of sp³-hybridized carbons (Fsp3) is 0.417. The predicted molar refractivity (Wildman–Crippen MR) is 131 cm³/mol. The summed E-state index contributed by atoms with van der Waals surface area (Å²) in [5.74, 6) is 0.580. The zero-order chi connectivity index (χ0) is 24.0. The lowest BCUT2D eigenvalue weighted by Gasteiger charge is -2.42. The summed E-state index contributed by atoms with van der Waals surface area (Å²) in [5, 5.41) is 8.81. The minimum absolute atomic E-state index is 0.0586. The average molecular weight is 483 g/mol. The molecule has 1 N–H and O–H groups in total. The Labute approximate surface area is 200 Å². The molecule has 1 amide bonds. The molecular weight excluding hydrogens is 455 g/mol. The van der Waals surface area contributed by atoms with Gasteiger partial charge in [-0.1, -0.05) is 13.0 Å². The van der Waals surface area contributed by atoms with Crippen molar-refractivity contribution in [1.29, 1.82) is 0 Å². The van der Waals surface area contributed by atoms with Crippen molar-refractivity contribution in [3.8, 4) is 17.0 Å². The lowest BCUT2D eigenvalue weighted by Crippen LogP contribution is -2.57. The summed E-state index contributed by atoms with van der Waals surface area (Å²) in [6.07, 6.45) is 2.60. The second-order valence-electron chi connectivity index (χ2n) is 8.70. The summed E-state index contributed by atoms with van der Waals surface area (Å²) in [4.78, 5) is 22.4. The molecule has 1 aromatic carbocycles. The number of carbonyl (C=O) groups is 1. The number of fused-ring (bicyclic) bond motifs is 2. The fourth-order valence-electron chi connectivity index (χ4n) is 4.67. The van der Waals surface area contributed by atoms with Gasteiger partial charge >= 0.3 is 0 Å². The van der Waals surface area contributed by atoms with Gasteiger partial charge in [-0.05, 0) is 43.5 Å². The molecule has 1 unspecified atom stereocenters. The molecule has 0 radical (unpaired) electrons. The molecule has 2 atom stereocenters. The number of anilines is 1. The number of nitrogens with one attached hydrogen (secondary N) is 1. The van der Waals surface area contributed by atoms with Crippen LogP contribution in [0.15, 0.2) is 30.5 Å². The van der Waals surface area contributed by atoms with Crippen LogP contribution in [0.2, 0.25) is 0 Å². The van der Waals surface area contributed by atoms with Gasteiger partial charge in [0.2, 0.25) is 17.7 Å². The van der Waals surface area contributed by atoms with Crippen LogP contribution in [0.1, 0.15) is 31.7 Å². The highest BCUT2D eigenvalue weighted by Crippen LogP contribution is 2.35. The van der Waals surface area contributed by atoms with Gasteiger partial charge in [0.25, 0.3) is 0 Å². The minimum Gasteiger partial charge on any atom is -0.479 e. The number of alkyl halides is 1. The number of rotatable bonds is 5. The van der Waals surface area contributed by atoms with E-state index in [1.54, 1.807) is 34.8 Å². The van der Waals surface area contributed by atoms with E-state index in [4.69, 9.17) is 4.74 Å². The van der Waals surface area contributed by atoms with Gasteiger partial charge in [0, 0.05) is 25.2 Å². The number of amides is 1. The van der Waals surface area contributed by atoms with Gasteiger partial charge in [0.1, 0.15) is 11.2 Å². The van der Waals surface area contributed by atoms with Gasteiger partial charge in [-0.25, -0.2) is 13.9 Å². The summed E-state index contributed by atoms with van der Waals surface area (Å²) in [6, 6.07) is 7.62. The normalized spacial score (nSPS) is 20.7. The SMILES string of the molecule is CCC1(F)CN(C(C)=O)CC[C@H]1Nc1nc(OC)c2c(-c3ccc4nc(C)sc4c3)ccn2n1. The second-order valence-corrected chi connectivity index (χ2v) is 9.93. The van der Waals surface area contributed by atoms with Crippen molar-refractivity contribution in [3.63, 3.8) is 0 Å². The Kier molecular flexibility index (Phi) is 5.63. The monoisotopic (exact) mass is 482 g/mol. The summed E-state index contributed by atoms with van der Waals surface area (Å²) < 4.78 is 24.2. The van der Waals surface area contributed by atoms with Crippen molar-refractivity contribution in [2.75, 3.05) is 25.5 Å². The Morgan fingerprint density at radius 1 is 1.35 bits per heavy atom. The number of carbonyl (C=O) groups excluding carboxylic acids is 1. The van der Waals surface area contributed by atoms with E-state index in [0.29, 0.717) is 18.8 Å². The fourth-order valence-corrected chi connectivity index (χ4v) is 5.54. The molecule has 5 rings (SSSR count). The number of methoxy groups -OCH3 is 1. The van der Waals surface area contributed by atoms with Gasteiger partial charge in [0.05, 0.1) is 34.9 Å². The van der Waals surface area contributed by atoms with Crippen molar-refractivity contribution >= 4 is 38.9 Å². The van der Waals surface area contributed by atoms with Crippen LogP contribution in [0.25, 0.3) is 26.9 Å². The lowest BCUT2D eigenvalue weighted by molar-refractivity contribution is -0.133. The minimum atomic E-state index is -1.57. The standard InChI is InChI=1S/C24H27FN6O2S/c1-5-24(25)13-30(15(3)32)10-9-20(24)27-23-28-22(33-4)21-17(8-11-31(21)29-23)16-6-7-18-19(12-16)34-14(2)26-18/h6-8,11-12,20H,5,9-10,13H2,1-4H3,(H,27,29)/t20-,24?/m1/s1. The molecule has 1 fully saturated rings. The number of piperidine rings is 1. The Bertz CT molecular complexity index is 1380. The predicted octanol–water partition coefficient (Wildman–Crippen LogP) is 4.47. The third kappa shape index (κ3) is 3.85. The van der Waals surface area contributed by atoms with Crippen LogP contribution >= 0.6 is 11.3 Å². The number of aromatic nitrogens is 4. The van der Waals surface area contributed by atoms with Gasteiger partial charge in [-0.2, -0.15) is 4.98 Å². The number of thiazole rings is 1. The van der Waals surface area contributed by atoms with Crippen molar-refractivity contribution in [1.82, 2.24) is 24.5 Å². The summed E-state index contributed by atoms with van der Waals surface area (Å²) in [6.45, 7) is 5.82.